The van der Waals surface area contributed by atoms with Crippen molar-refractivity contribution in [3.63, 3.8) is 0 Å². The quantitative estimate of drug-likeness (QED) is 0.670. The number of rotatable bonds is 5. The summed E-state index contributed by atoms with van der Waals surface area (Å²) in [5, 5.41) is 29.1. The summed E-state index contributed by atoms with van der Waals surface area (Å²) in [5.74, 6) is 0.287. The zero-order chi connectivity index (χ0) is 17.9. The van der Waals surface area contributed by atoms with Crippen LogP contribution < -0.4 is 0 Å². The highest BCUT2D eigenvalue weighted by Gasteiger charge is 2.44. The minimum absolute atomic E-state index is 0.158. The highest BCUT2D eigenvalue weighted by atomic mass is 16.5. The van der Waals surface area contributed by atoms with Gasteiger partial charge in [0.25, 0.3) is 0 Å². The Morgan fingerprint density at radius 2 is 2.17 bits per heavy atom. The molecule has 1 heterocycles. The molecule has 5 nitrogen and oxygen atoms in total. The molecule has 0 aromatic heterocycles. The SMILES string of the molecule is CC(C=CC1=CC2=CC(=O)C(C)(O)C(O)C2=CO1)=CC(C)CCO. The van der Waals surface area contributed by atoms with Crippen molar-refractivity contribution < 1.29 is 24.9 Å². The smallest absolute Gasteiger partial charge is 0.190 e. The Bertz CT molecular complexity index is 661. The van der Waals surface area contributed by atoms with E-state index < -0.39 is 17.5 Å². The summed E-state index contributed by atoms with van der Waals surface area (Å²) in [7, 11) is 0. The predicted octanol–water partition coefficient (Wildman–Crippen LogP) is 1.93. The van der Waals surface area contributed by atoms with Gasteiger partial charge >= 0.3 is 0 Å². The van der Waals surface area contributed by atoms with Gasteiger partial charge in [-0.3, -0.25) is 4.79 Å². The molecule has 0 bridgehead atoms. The highest BCUT2D eigenvalue weighted by molar-refractivity contribution is 6.01. The van der Waals surface area contributed by atoms with Crippen LogP contribution in [-0.2, 0) is 9.53 Å². The highest BCUT2D eigenvalue weighted by Crippen LogP contribution is 2.34. The lowest BCUT2D eigenvalue weighted by Gasteiger charge is -2.34. The molecule has 1 aliphatic heterocycles. The Labute approximate surface area is 142 Å². The Morgan fingerprint density at radius 3 is 2.83 bits per heavy atom. The molecule has 24 heavy (non-hydrogen) atoms. The topological polar surface area (TPSA) is 87.0 Å². The molecule has 0 amide bonds. The number of aliphatic hydroxyl groups is 3. The minimum Gasteiger partial charge on any atom is -0.465 e. The number of fused-ring (bicyclic) bond motifs is 1. The Balaban J connectivity index is 2.15. The van der Waals surface area contributed by atoms with Crippen molar-refractivity contribution in [3.05, 3.63) is 59.1 Å². The first-order valence-electron chi connectivity index (χ1n) is 7.98. The minimum atomic E-state index is -1.83. The number of carbonyl (C=O) groups excluding carboxylic acids is 1. The van der Waals surface area contributed by atoms with Crippen LogP contribution >= 0.6 is 0 Å². The lowest BCUT2D eigenvalue weighted by Crippen LogP contribution is -2.50. The molecular formula is C19H24O5. The maximum Gasteiger partial charge on any atom is 0.190 e. The van der Waals surface area contributed by atoms with Crippen molar-refractivity contribution in [2.24, 2.45) is 5.92 Å². The van der Waals surface area contributed by atoms with Gasteiger partial charge in [0.15, 0.2) is 11.4 Å². The van der Waals surface area contributed by atoms with Crippen molar-refractivity contribution in [1.29, 1.82) is 0 Å². The molecule has 0 saturated carbocycles. The monoisotopic (exact) mass is 332 g/mol. The number of hydrogen-bond donors (Lipinski definition) is 3. The molecule has 0 aromatic rings. The van der Waals surface area contributed by atoms with E-state index in [1.54, 1.807) is 12.2 Å². The van der Waals surface area contributed by atoms with Gasteiger partial charge in [-0.1, -0.05) is 24.6 Å². The lowest BCUT2D eigenvalue weighted by atomic mass is 9.79. The van der Waals surface area contributed by atoms with Crippen molar-refractivity contribution in [3.8, 4) is 0 Å². The molecule has 3 unspecified atom stereocenters. The van der Waals surface area contributed by atoms with Crippen LogP contribution in [0, 0.1) is 5.92 Å². The summed E-state index contributed by atoms with van der Waals surface area (Å²) >= 11 is 0. The van der Waals surface area contributed by atoms with E-state index in [0.717, 1.165) is 5.57 Å². The third-order valence-electron chi connectivity index (χ3n) is 4.21. The van der Waals surface area contributed by atoms with Gasteiger partial charge in [-0.2, -0.15) is 0 Å². The van der Waals surface area contributed by atoms with Crippen molar-refractivity contribution in [1.82, 2.24) is 0 Å². The number of aliphatic hydroxyl groups excluding tert-OH is 2. The third-order valence-corrected chi connectivity index (χ3v) is 4.21. The third kappa shape index (κ3) is 3.93. The molecule has 1 aliphatic carbocycles. The second kappa shape index (κ2) is 7.30. The number of allylic oxidation sites excluding steroid dienone is 5. The average molecular weight is 332 g/mol. The van der Waals surface area contributed by atoms with Crippen LogP contribution in [0.2, 0.25) is 0 Å². The molecule has 0 aromatic carbocycles. The first-order chi connectivity index (χ1) is 11.3. The van der Waals surface area contributed by atoms with Crippen molar-refractivity contribution in [2.45, 2.75) is 38.9 Å². The van der Waals surface area contributed by atoms with Gasteiger partial charge in [0.1, 0.15) is 11.9 Å². The van der Waals surface area contributed by atoms with E-state index in [1.165, 1.54) is 19.3 Å². The van der Waals surface area contributed by atoms with Crippen LogP contribution in [0.25, 0.3) is 0 Å². The Morgan fingerprint density at radius 1 is 1.46 bits per heavy atom. The van der Waals surface area contributed by atoms with E-state index in [1.807, 2.05) is 19.9 Å². The van der Waals surface area contributed by atoms with E-state index >= 15 is 0 Å². The fourth-order valence-corrected chi connectivity index (χ4v) is 2.63. The molecule has 2 aliphatic rings. The van der Waals surface area contributed by atoms with Gasteiger partial charge in [0.2, 0.25) is 0 Å². The van der Waals surface area contributed by atoms with Gasteiger partial charge in [0.05, 0.1) is 6.26 Å². The molecule has 3 N–H and O–H groups in total. The molecular weight excluding hydrogens is 308 g/mol. The molecule has 0 radical (unpaired) electrons. The van der Waals surface area contributed by atoms with E-state index in [9.17, 15) is 15.0 Å². The maximum absolute atomic E-state index is 11.9. The fraction of sp³-hybridized carbons (Fsp3) is 0.421. The lowest BCUT2D eigenvalue weighted by molar-refractivity contribution is -0.140. The molecule has 130 valence electrons. The Kier molecular flexibility index (Phi) is 5.59. The van der Waals surface area contributed by atoms with E-state index in [0.29, 0.717) is 23.3 Å². The zero-order valence-electron chi connectivity index (χ0n) is 14.2. The van der Waals surface area contributed by atoms with Crippen LogP contribution in [0.3, 0.4) is 0 Å². The second-order valence-electron chi connectivity index (χ2n) is 6.49. The molecule has 5 heteroatoms. The van der Waals surface area contributed by atoms with Crippen LogP contribution in [0.4, 0.5) is 0 Å². The number of ether oxygens (including phenoxy) is 1. The molecule has 0 spiro atoms. The summed E-state index contributed by atoms with van der Waals surface area (Å²) in [6.45, 7) is 5.43. The maximum atomic E-state index is 11.9. The summed E-state index contributed by atoms with van der Waals surface area (Å²) in [4.78, 5) is 11.9. The summed E-state index contributed by atoms with van der Waals surface area (Å²) < 4.78 is 5.47. The van der Waals surface area contributed by atoms with Crippen LogP contribution in [-0.4, -0.2) is 39.4 Å². The number of ketones is 1. The first kappa shape index (κ1) is 18.4. The number of carbonyl (C=O) groups is 1. The predicted molar refractivity (Wildman–Crippen MR) is 90.7 cm³/mol. The number of hydrogen-bond acceptors (Lipinski definition) is 5. The standard InChI is InChI=1S/C19H24O5/c1-12(8-13(2)6-7-20)4-5-15-9-14-10-17(21)19(3,23)18(22)16(14)11-24-15/h4-5,8-11,13,18,20,22-23H,6-7H2,1-3H3. The van der Waals surface area contributed by atoms with Gasteiger partial charge in [-0.15, -0.1) is 0 Å². The van der Waals surface area contributed by atoms with E-state index in [2.05, 4.69) is 6.08 Å². The molecule has 2 rings (SSSR count). The zero-order valence-corrected chi connectivity index (χ0v) is 14.2. The van der Waals surface area contributed by atoms with Gasteiger partial charge in [-0.25, -0.2) is 0 Å². The van der Waals surface area contributed by atoms with Gasteiger partial charge < -0.3 is 20.1 Å². The normalized spacial score (nSPS) is 28.8. The van der Waals surface area contributed by atoms with Gasteiger partial charge in [0, 0.05) is 12.2 Å². The van der Waals surface area contributed by atoms with E-state index in [-0.39, 0.29) is 12.5 Å². The molecule has 0 fully saturated rings. The molecule has 0 saturated heterocycles. The van der Waals surface area contributed by atoms with Gasteiger partial charge in [-0.05, 0) is 50.0 Å². The largest absolute Gasteiger partial charge is 0.465 e. The van der Waals surface area contributed by atoms with Crippen LogP contribution in [0.1, 0.15) is 27.2 Å². The van der Waals surface area contributed by atoms with Crippen molar-refractivity contribution >= 4 is 5.78 Å². The second-order valence-corrected chi connectivity index (χ2v) is 6.49. The summed E-state index contributed by atoms with van der Waals surface area (Å²) in [6, 6.07) is 0. The average Bonchev–Trinajstić information content (AvgIpc) is 2.51. The van der Waals surface area contributed by atoms with Crippen LogP contribution in [0.5, 0.6) is 0 Å². The summed E-state index contributed by atoms with van der Waals surface area (Å²) in [5.41, 5.74) is 0.134. The molecule has 3 atom stereocenters. The summed E-state index contributed by atoms with van der Waals surface area (Å²) in [6.07, 6.45) is 9.46. The fourth-order valence-electron chi connectivity index (χ4n) is 2.63. The Hall–Kier alpha value is -1.95. The van der Waals surface area contributed by atoms with Crippen molar-refractivity contribution in [2.75, 3.05) is 6.61 Å². The first-order valence-corrected chi connectivity index (χ1v) is 7.98. The van der Waals surface area contributed by atoms with Crippen LogP contribution in [0.15, 0.2) is 59.1 Å². The van der Waals surface area contributed by atoms with E-state index in [4.69, 9.17) is 9.84 Å².